The van der Waals surface area contributed by atoms with E-state index in [0.717, 1.165) is 12.5 Å². The minimum atomic E-state index is -4.38. The molecule has 1 rings (SSSR count). The lowest BCUT2D eigenvalue weighted by molar-refractivity contribution is -0.141. The fourth-order valence-electron chi connectivity index (χ4n) is 1.11. The molecule has 0 fully saturated rings. The molecular formula is C9H11F3N2. The van der Waals surface area contributed by atoms with Gasteiger partial charge in [-0.1, -0.05) is 6.92 Å². The van der Waals surface area contributed by atoms with E-state index in [9.17, 15) is 13.2 Å². The van der Waals surface area contributed by atoms with Crippen molar-refractivity contribution in [3.05, 3.63) is 23.3 Å². The normalized spacial score (nSPS) is 11.8. The Morgan fingerprint density at radius 2 is 1.93 bits per heavy atom. The smallest absolute Gasteiger partial charge is 0.238 e. The van der Waals surface area contributed by atoms with E-state index in [1.807, 2.05) is 6.92 Å². The number of hydrogen-bond acceptors (Lipinski definition) is 2. The highest BCUT2D eigenvalue weighted by Crippen LogP contribution is 2.27. The van der Waals surface area contributed by atoms with E-state index in [2.05, 4.69) is 9.97 Å². The molecule has 0 aliphatic heterocycles. The first kappa shape index (κ1) is 10.9. The highest BCUT2D eigenvalue weighted by Gasteiger charge is 2.33. The minimum absolute atomic E-state index is 0.264. The second-order valence-electron chi connectivity index (χ2n) is 3.06. The molecule has 0 atom stereocenters. The lowest BCUT2D eigenvalue weighted by Gasteiger charge is -2.07. The molecule has 0 aromatic carbocycles. The Kier molecular flexibility index (Phi) is 3.08. The van der Waals surface area contributed by atoms with Gasteiger partial charge in [-0.05, 0) is 19.4 Å². The molecule has 1 heterocycles. The van der Waals surface area contributed by atoms with Crippen LogP contribution in [0.3, 0.4) is 0 Å². The maximum atomic E-state index is 12.3. The standard InChI is InChI=1S/C9H11F3N2/c1-3-4-8-13-6(2)5-7(14-8)9(10,11)12/h5H,3-4H2,1-2H3. The summed E-state index contributed by atoms with van der Waals surface area (Å²) < 4.78 is 36.9. The van der Waals surface area contributed by atoms with Crippen molar-refractivity contribution in [3.63, 3.8) is 0 Å². The van der Waals surface area contributed by atoms with Gasteiger partial charge in [-0.2, -0.15) is 13.2 Å². The van der Waals surface area contributed by atoms with Gasteiger partial charge in [0.15, 0.2) is 0 Å². The summed E-state index contributed by atoms with van der Waals surface area (Å²) in [4.78, 5) is 7.38. The lowest BCUT2D eigenvalue weighted by atomic mass is 10.2. The van der Waals surface area contributed by atoms with E-state index in [4.69, 9.17) is 0 Å². The van der Waals surface area contributed by atoms with Crippen LogP contribution in [0.4, 0.5) is 13.2 Å². The van der Waals surface area contributed by atoms with Gasteiger partial charge in [0.2, 0.25) is 0 Å². The molecular weight excluding hydrogens is 193 g/mol. The summed E-state index contributed by atoms with van der Waals surface area (Å²) in [7, 11) is 0. The molecule has 0 saturated carbocycles. The first-order valence-corrected chi connectivity index (χ1v) is 4.35. The van der Waals surface area contributed by atoms with Gasteiger partial charge in [-0.3, -0.25) is 0 Å². The number of nitrogens with zero attached hydrogens (tertiary/aromatic N) is 2. The molecule has 0 unspecified atom stereocenters. The van der Waals surface area contributed by atoms with Crippen LogP contribution in [-0.2, 0) is 12.6 Å². The van der Waals surface area contributed by atoms with E-state index in [-0.39, 0.29) is 5.82 Å². The maximum absolute atomic E-state index is 12.3. The van der Waals surface area contributed by atoms with Gasteiger partial charge in [-0.15, -0.1) is 0 Å². The molecule has 0 bridgehead atoms. The van der Waals surface area contributed by atoms with Gasteiger partial charge in [0.05, 0.1) is 0 Å². The molecule has 14 heavy (non-hydrogen) atoms. The van der Waals surface area contributed by atoms with E-state index in [0.29, 0.717) is 12.1 Å². The van der Waals surface area contributed by atoms with E-state index in [1.165, 1.54) is 6.92 Å². The number of hydrogen-bond donors (Lipinski definition) is 0. The average molecular weight is 204 g/mol. The fraction of sp³-hybridized carbons (Fsp3) is 0.556. The first-order chi connectivity index (χ1) is 6.43. The summed E-state index contributed by atoms with van der Waals surface area (Å²) >= 11 is 0. The number of aryl methyl sites for hydroxylation is 2. The Bertz CT molecular complexity index is 320. The SMILES string of the molecule is CCCc1nc(C)cc(C(F)(F)F)n1. The molecule has 78 valence electrons. The van der Waals surface area contributed by atoms with Crippen molar-refractivity contribution in [1.29, 1.82) is 0 Å². The summed E-state index contributed by atoms with van der Waals surface area (Å²) in [5.74, 6) is 0.264. The molecule has 0 amide bonds. The molecule has 2 nitrogen and oxygen atoms in total. The average Bonchev–Trinajstić information content (AvgIpc) is 2.02. The quantitative estimate of drug-likeness (QED) is 0.740. The van der Waals surface area contributed by atoms with Crippen molar-refractivity contribution >= 4 is 0 Å². The summed E-state index contributed by atoms with van der Waals surface area (Å²) in [5.41, 5.74) is -0.496. The topological polar surface area (TPSA) is 25.8 Å². The van der Waals surface area contributed by atoms with Crippen LogP contribution in [0.1, 0.15) is 30.6 Å². The zero-order valence-corrected chi connectivity index (χ0v) is 8.02. The van der Waals surface area contributed by atoms with Gasteiger partial charge < -0.3 is 0 Å². The van der Waals surface area contributed by atoms with Crippen molar-refractivity contribution in [3.8, 4) is 0 Å². The van der Waals surface area contributed by atoms with Crippen LogP contribution in [0.25, 0.3) is 0 Å². The molecule has 1 aromatic heterocycles. The fourth-order valence-corrected chi connectivity index (χ4v) is 1.11. The van der Waals surface area contributed by atoms with Crippen LogP contribution in [0.2, 0.25) is 0 Å². The van der Waals surface area contributed by atoms with Gasteiger partial charge in [0.25, 0.3) is 0 Å². The van der Waals surface area contributed by atoms with Crippen LogP contribution in [0, 0.1) is 6.92 Å². The Morgan fingerprint density at radius 3 is 2.43 bits per heavy atom. The summed E-state index contributed by atoms with van der Waals surface area (Å²) in [5, 5.41) is 0. The molecule has 0 radical (unpaired) electrons. The van der Waals surface area contributed by atoms with Crippen LogP contribution < -0.4 is 0 Å². The Morgan fingerprint density at radius 1 is 1.29 bits per heavy atom. The summed E-state index contributed by atoms with van der Waals surface area (Å²) in [6.07, 6.45) is -3.16. The Hall–Kier alpha value is -1.13. The predicted octanol–water partition coefficient (Wildman–Crippen LogP) is 2.76. The van der Waals surface area contributed by atoms with Crippen molar-refractivity contribution in [2.75, 3.05) is 0 Å². The largest absolute Gasteiger partial charge is 0.433 e. The van der Waals surface area contributed by atoms with E-state index in [1.54, 1.807) is 0 Å². The van der Waals surface area contributed by atoms with Crippen molar-refractivity contribution < 1.29 is 13.2 Å². The molecule has 0 N–H and O–H groups in total. The van der Waals surface area contributed by atoms with Crippen molar-refractivity contribution in [1.82, 2.24) is 9.97 Å². The number of aromatic nitrogens is 2. The summed E-state index contributed by atoms with van der Waals surface area (Å²) in [6, 6.07) is 0.958. The zero-order valence-electron chi connectivity index (χ0n) is 8.02. The van der Waals surface area contributed by atoms with Crippen molar-refractivity contribution in [2.24, 2.45) is 0 Å². The van der Waals surface area contributed by atoms with E-state index >= 15 is 0 Å². The Balaban J connectivity index is 3.07. The third-order valence-electron chi connectivity index (χ3n) is 1.66. The highest BCUT2D eigenvalue weighted by atomic mass is 19.4. The number of rotatable bonds is 2. The molecule has 0 aliphatic rings. The van der Waals surface area contributed by atoms with Crippen LogP contribution in [0.15, 0.2) is 6.07 Å². The number of halogens is 3. The molecule has 0 spiro atoms. The molecule has 1 aromatic rings. The molecule has 0 saturated heterocycles. The minimum Gasteiger partial charge on any atom is -0.238 e. The zero-order chi connectivity index (χ0) is 10.8. The number of alkyl halides is 3. The van der Waals surface area contributed by atoms with Gasteiger partial charge in [-0.25, -0.2) is 9.97 Å². The third kappa shape index (κ3) is 2.68. The van der Waals surface area contributed by atoms with Gasteiger partial charge in [0, 0.05) is 12.1 Å². The second kappa shape index (κ2) is 3.94. The Labute approximate surface area is 80.2 Å². The molecule has 5 heteroatoms. The second-order valence-corrected chi connectivity index (χ2v) is 3.06. The van der Waals surface area contributed by atoms with E-state index < -0.39 is 11.9 Å². The van der Waals surface area contributed by atoms with Crippen LogP contribution in [-0.4, -0.2) is 9.97 Å². The first-order valence-electron chi connectivity index (χ1n) is 4.35. The predicted molar refractivity (Wildman–Crippen MR) is 45.8 cm³/mol. The van der Waals surface area contributed by atoms with Crippen molar-refractivity contribution in [2.45, 2.75) is 32.9 Å². The lowest BCUT2D eigenvalue weighted by Crippen LogP contribution is -2.11. The van der Waals surface area contributed by atoms with Crippen LogP contribution >= 0.6 is 0 Å². The molecule has 0 aliphatic carbocycles. The van der Waals surface area contributed by atoms with Crippen LogP contribution in [0.5, 0.6) is 0 Å². The van der Waals surface area contributed by atoms with Gasteiger partial charge in [0.1, 0.15) is 11.5 Å². The third-order valence-corrected chi connectivity index (χ3v) is 1.66. The summed E-state index contributed by atoms with van der Waals surface area (Å²) in [6.45, 7) is 3.41. The monoisotopic (exact) mass is 204 g/mol. The highest BCUT2D eigenvalue weighted by molar-refractivity contribution is 5.12. The van der Waals surface area contributed by atoms with Gasteiger partial charge >= 0.3 is 6.18 Å². The maximum Gasteiger partial charge on any atom is 0.433 e.